The number of carbonyl (C=O) groups excluding carboxylic acids is 3. The van der Waals surface area contributed by atoms with Gasteiger partial charge in [-0.3, -0.25) is 9.59 Å². The van der Waals surface area contributed by atoms with Crippen molar-refractivity contribution in [1.82, 2.24) is 5.32 Å². The highest BCUT2D eigenvalue weighted by atomic mass is 16.6. The van der Waals surface area contributed by atoms with Crippen LogP contribution < -0.4 is 5.32 Å². The van der Waals surface area contributed by atoms with E-state index >= 15 is 0 Å². The van der Waals surface area contributed by atoms with Gasteiger partial charge in [-0.1, -0.05) is 44.2 Å². The minimum atomic E-state index is -0.735. The van der Waals surface area contributed by atoms with E-state index in [-0.39, 0.29) is 18.1 Å². The summed E-state index contributed by atoms with van der Waals surface area (Å²) in [5.41, 5.74) is 0.406. The molecule has 0 aromatic heterocycles. The Bertz CT molecular complexity index is 649. The molecule has 2 atom stereocenters. The molecule has 1 N–H and O–H groups in total. The lowest BCUT2D eigenvalue weighted by atomic mass is 9.88. The van der Waals surface area contributed by atoms with Crippen molar-refractivity contribution in [2.75, 3.05) is 7.11 Å². The molecular formula is C22H33NO5. The normalized spacial score (nSPS) is 13.5. The van der Waals surface area contributed by atoms with Gasteiger partial charge in [-0.2, -0.15) is 0 Å². The number of hydrogen-bond acceptors (Lipinski definition) is 5. The minimum Gasteiger partial charge on any atom is -0.469 e. The summed E-state index contributed by atoms with van der Waals surface area (Å²) >= 11 is 0. The first-order valence-electron chi connectivity index (χ1n) is 9.67. The molecule has 6 heteroatoms. The van der Waals surface area contributed by atoms with E-state index < -0.39 is 29.6 Å². The van der Waals surface area contributed by atoms with Crippen LogP contribution in [0, 0.1) is 11.8 Å². The Hall–Kier alpha value is -2.37. The number of hydrogen-bond donors (Lipinski definition) is 1. The number of methoxy groups -OCH3 is 1. The fraction of sp³-hybridized carbons (Fsp3) is 0.591. The molecule has 0 aliphatic rings. The van der Waals surface area contributed by atoms with Crippen LogP contribution in [0.2, 0.25) is 0 Å². The molecule has 1 aromatic carbocycles. The maximum atomic E-state index is 12.9. The number of rotatable bonds is 9. The van der Waals surface area contributed by atoms with Crippen molar-refractivity contribution in [2.45, 2.75) is 65.5 Å². The first kappa shape index (κ1) is 23.7. The molecule has 0 heterocycles. The van der Waals surface area contributed by atoms with Crippen LogP contribution >= 0.6 is 0 Å². The van der Waals surface area contributed by atoms with Crippen LogP contribution in [-0.2, 0) is 25.5 Å². The van der Waals surface area contributed by atoms with Crippen molar-refractivity contribution >= 4 is 17.8 Å². The van der Waals surface area contributed by atoms with Gasteiger partial charge in [0.15, 0.2) is 5.78 Å². The molecule has 0 saturated heterocycles. The number of ketones is 1. The molecule has 0 fully saturated rings. The fourth-order valence-corrected chi connectivity index (χ4v) is 2.82. The lowest BCUT2D eigenvalue weighted by Crippen LogP contribution is -2.45. The maximum absolute atomic E-state index is 12.9. The Morgan fingerprint density at radius 1 is 1.07 bits per heavy atom. The number of aryl methyl sites for hydroxylation is 1. The molecule has 0 aliphatic heterocycles. The number of carbonyl (C=O) groups is 3. The van der Waals surface area contributed by atoms with E-state index in [1.807, 2.05) is 44.2 Å². The third-order valence-electron chi connectivity index (χ3n) is 4.37. The lowest BCUT2D eigenvalue weighted by molar-refractivity contribution is -0.149. The summed E-state index contributed by atoms with van der Waals surface area (Å²) in [6.45, 7) is 9.03. The maximum Gasteiger partial charge on any atom is 0.408 e. The van der Waals surface area contributed by atoms with Crippen molar-refractivity contribution < 1.29 is 23.9 Å². The summed E-state index contributed by atoms with van der Waals surface area (Å²) in [5.74, 6) is -1.21. The third-order valence-corrected chi connectivity index (χ3v) is 4.37. The Labute approximate surface area is 168 Å². The van der Waals surface area contributed by atoms with Crippen LogP contribution in [0.15, 0.2) is 30.3 Å². The zero-order valence-electron chi connectivity index (χ0n) is 17.8. The summed E-state index contributed by atoms with van der Waals surface area (Å²) in [6.07, 6.45) is 0.420. The zero-order valence-corrected chi connectivity index (χ0v) is 17.8. The molecule has 1 rings (SSSR count). The predicted octanol–water partition coefficient (Wildman–Crippen LogP) is 3.92. The third kappa shape index (κ3) is 8.55. The first-order valence-corrected chi connectivity index (χ1v) is 9.67. The lowest BCUT2D eigenvalue weighted by Gasteiger charge is -2.25. The molecular weight excluding hydrogens is 358 g/mol. The smallest absolute Gasteiger partial charge is 0.408 e. The van der Waals surface area contributed by atoms with Crippen molar-refractivity contribution in [3.63, 3.8) is 0 Å². The van der Waals surface area contributed by atoms with Crippen LogP contribution in [0.3, 0.4) is 0 Å². The summed E-state index contributed by atoms with van der Waals surface area (Å²) in [5, 5.41) is 2.68. The number of ether oxygens (including phenoxy) is 2. The second-order valence-corrected chi connectivity index (χ2v) is 8.27. The van der Waals surface area contributed by atoms with E-state index in [0.717, 1.165) is 5.56 Å². The summed E-state index contributed by atoms with van der Waals surface area (Å²) in [6, 6.07) is 9.00. The molecule has 1 aromatic rings. The first-order chi connectivity index (χ1) is 13.0. The molecule has 0 aliphatic carbocycles. The van der Waals surface area contributed by atoms with Crippen LogP contribution in [0.4, 0.5) is 4.79 Å². The summed E-state index contributed by atoms with van der Waals surface area (Å²) in [7, 11) is 1.31. The second-order valence-electron chi connectivity index (χ2n) is 8.27. The van der Waals surface area contributed by atoms with Crippen LogP contribution in [0.25, 0.3) is 0 Å². The highest BCUT2D eigenvalue weighted by Gasteiger charge is 2.31. The van der Waals surface area contributed by atoms with Gasteiger partial charge in [0.05, 0.1) is 19.1 Å². The highest BCUT2D eigenvalue weighted by molar-refractivity contribution is 5.90. The van der Waals surface area contributed by atoms with Crippen molar-refractivity contribution in [2.24, 2.45) is 11.8 Å². The molecule has 6 nitrogen and oxygen atoms in total. The van der Waals surface area contributed by atoms with E-state index in [1.165, 1.54) is 7.11 Å². The molecule has 0 spiro atoms. The van der Waals surface area contributed by atoms with E-state index in [4.69, 9.17) is 9.47 Å². The number of benzene rings is 1. The molecule has 156 valence electrons. The van der Waals surface area contributed by atoms with Gasteiger partial charge in [-0.05, 0) is 45.1 Å². The number of Topliss-reactive ketones (excluding diaryl/α,β-unsaturated/α-hetero) is 1. The molecule has 1 amide bonds. The van der Waals surface area contributed by atoms with Crippen molar-refractivity contribution in [1.29, 1.82) is 0 Å². The van der Waals surface area contributed by atoms with E-state index in [9.17, 15) is 14.4 Å². The average molecular weight is 392 g/mol. The van der Waals surface area contributed by atoms with E-state index in [2.05, 4.69) is 5.32 Å². The average Bonchev–Trinajstić information content (AvgIpc) is 2.61. The van der Waals surface area contributed by atoms with Gasteiger partial charge >= 0.3 is 12.1 Å². The zero-order chi connectivity index (χ0) is 21.3. The Balaban J connectivity index is 2.89. The van der Waals surface area contributed by atoms with Crippen LogP contribution in [-0.4, -0.2) is 36.6 Å². The Morgan fingerprint density at radius 2 is 1.68 bits per heavy atom. The van der Waals surface area contributed by atoms with Gasteiger partial charge in [-0.25, -0.2) is 4.79 Å². The molecule has 0 radical (unpaired) electrons. The molecule has 0 saturated carbocycles. The monoisotopic (exact) mass is 391 g/mol. The fourth-order valence-electron chi connectivity index (χ4n) is 2.82. The summed E-state index contributed by atoms with van der Waals surface area (Å²) < 4.78 is 10.1. The quantitative estimate of drug-likeness (QED) is 0.645. The minimum absolute atomic E-state index is 0.0135. The molecule has 0 unspecified atom stereocenters. The van der Waals surface area contributed by atoms with Gasteiger partial charge in [0.2, 0.25) is 0 Å². The molecule has 28 heavy (non-hydrogen) atoms. The highest BCUT2D eigenvalue weighted by Crippen LogP contribution is 2.20. The molecule has 0 bridgehead atoms. The Kier molecular flexibility index (Phi) is 9.16. The van der Waals surface area contributed by atoms with Crippen LogP contribution in [0.5, 0.6) is 0 Å². The van der Waals surface area contributed by atoms with Gasteiger partial charge in [0.1, 0.15) is 5.60 Å². The van der Waals surface area contributed by atoms with Crippen LogP contribution in [0.1, 0.15) is 53.0 Å². The van der Waals surface area contributed by atoms with Gasteiger partial charge in [-0.15, -0.1) is 0 Å². The summed E-state index contributed by atoms with van der Waals surface area (Å²) in [4.78, 5) is 37.2. The number of esters is 1. The van der Waals surface area contributed by atoms with Gasteiger partial charge in [0.25, 0.3) is 0 Å². The number of nitrogens with one attached hydrogen (secondary N) is 1. The number of amides is 1. The van der Waals surface area contributed by atoms with Crippen molar-refractivity contribution in [3.05, 3.63) is 35.9 Å². The largest absolute Gasteiger partial charge is 0.469 e. The van der Waals surface area contributed by atoms with Gasteiger partial charge < -0.3 is 14.8 Å². The predicted molar refractivity (Wildman–Crippen MR) is 108 cm³/mol. The van der Waals surface area contributed by atoms with E-state index in [0.29, 0.717) is 12.8 Å². The van der Waals surface area contributed by atoms with E-state index in [1.54, 1.807) is 20.8 Å². The number of alkyl carbamates (subject to hydrolysis) is 1. The Morgan fingerprint density at radius 3 is 2.18 bits per heavy atom. The SMILES string of the molecule is COC(=O)[C@H](CC(=O)[C@H](CCc1ccccc1)NC(=O)OC(C)(C)C)C(C)C. The van der Waals surface area contributed by atoms with Gasteiger partial charge in [0, 0.05) is 6.42 Å². The van der Waals surface area contributed by atoms with Crippen molar-refractivity contribution in [3.8, 4) is 0 Å². The second kappa shape index (κ2) is 10.8. The topological polar surface area (TPSA) is 81.7 Å². The standard InChI is InChI=1S/C22H33NO5/c1-15(2)17(20(25)27-6)14-19(24)18(23-21(26)28-22(3,4)5)13-12-16-10-8-7-9-11-16/h7-11,15,17-18H,12-14H2,1-6H3,(H,23,26)/t17-,18+/m1/s1.